The second kappa shape index (κ2) is 8.44. The molecule has 4 heteroatoms. The number of fused-ring (bicyclic) bond motifs is 2. The van der Waals surface area contributed by atoms with E-state index in [0.29, 0.717) is 12.6 Å². The molecule has 0 amide bonds. The average molecular weight is 404 g/mol. The number of hydrogen-bond donors (Lipinski definition) is 1. The number of benzene rings is 2. The smallest absolute Gasteiger partial charge is 0.213 e. The molecule has 0 bridgehead atoms. The number of hydrogen-bond acceptors (Lipinski definition) is 3. The maximum absolute atomic E-state index is 9.52. The highest BCUT2D eigenvalue weighted by Gasteiger charge is 2.24. The molecule has 1 aromatic heterocycles. The summed E-state index contributed by atoms with van der Waals surface area (Å²) in [5.74, 6) is 0. The van der Waals surface area contributed by atoms with E-state index in [2.05, 4.69) is 103 Å². The van der Waals surface area contributed by atoms with Crippen LogP contribution in [0.3, 0.4) is 0 Å². The van der Waals surface area contributed by atoms with Crippen molar-refractivity contribution in [1.29, 1.82) is 0 Å². The number of aliphatic hydroxyl groups excluding tert-OH is 1. The molecule has 0 unspecified atom stereocenters. The van der Waals surface area contributed by atoms with E-state index in [1.807, 2.05) is 0 Å². The summed E-state index contributed by atoms with van der Waals surface area (Å²) in [6.45, 7) is 7.26. The third-order valence-electron chi connectivity index (χ3n) is 5.19. The van der Waals surface area contributed by atoms with Gasteiger partial charge >= 0.3 is 0 Å². The summed E-state index contributed by atoms with van der Waals surface area (Å²) < 4.78 is 2.31. The van der Waals surface area contributed by atoms with E-state index in [1.165, 1.54) is 32.6 Å². The van der Waals surface area contributed by atoms with Crippen LogP contribution in [0.15, 0.2) is 76.8 Å². The molecular weight excluding hydrogens is 376 g/mol. The number of aliphatic hydroxyl groups is 1. The number of para-hydroxylation sites is 1. The number of thioether (sulfide) groups is 1. The van der Waals surface area contributed by atoms with Gasteiger partial charge in [-0.1, -0.05) is 42.1 Å². The van der Waals surface area contributed by atoms with Crippen LogP contribution in [0.4, 0.5) is 5.69 Å². The Bertz CT molecular complexity index is 1100. The zero-order chi connectivity index (χ0) is 20.4. The molecule has 29 heavy (non-hydrogen) atoms. The van der Waals surface area contributed by atoms with E-state index >= 15 is 0 Å². The first-order chi connectivity index (χ1) is 14.1. The van der Waals surface area contributed by atoms with Crippen molar-refractivity contribution in [2.24, 2.45) is 0 Å². The maximum Gasteiger partial charge on any atom is 0.213 e. The normalized spacial score (nSPS) is 15.2. The number of allylic oxidation sites excluding steroid dienone is 2. The van der Waals surface area contributed by atoms with Gasteiger partial charge in [-0.15, -0.1) is 0 Å². The molecule has 0 aliphatic carbocycles. The number of anilines is 1. The van der Waals surface area contributed by atoms with Gasteiger partial charge in [-0.2, -0.15) is 4.57 Å². The van der Waals surface area contributed by atoms with E-state index < -0.39 is 0 Å². The number of pyridine rings is 1. The molecule has 2 aromatic carbocycles. The number of aromatic nitrogens is 1. The molecule has 0 fully saturated rings. The summed E-state index contributed by atoms with van der Waals surface area (Å²) in [4.78, 5) is 3.45. The Morgan fingerprint density at radius 3 is 2.76 bits per heavy atom. The van der Waals surface area contributed by atoms with Gasteiger partial charge in [0.2, 0.25) is 5.52 Å². The van der Waals surface area contributed by atoms with E-state index in [9.17, 15) is 5.11 Å². The molecule has 1 N–H and O–H groups in total. The van der Waals surface area contributed by atoms with Crippen LogP contribution in [0.2, 0.25) is 0 Å². The van der Waals surface area contributed by atoms with Crippen molar-refractivity contribution in [1.82, 2.24) is 0 Å². The van der Waals surface area contributed by atoms with Crippen LogP contribution in [0.5, 0.6) is 0 Å². The monoisotopic (exact) mass is 403 g/mol. The predicted molar refractivity (Wildman–Crippen MR) is 123 cm³/mol. The first-order valence-electron chi connectivity index (χ1n) is 10.1. The highest BCUT2D eigenvalue weighted by atomic mass is 32.2. The van der Waals surface area contributed by atoms with Crippen molar-refractivity contribution in [3.05, 3.63) is 83.0 Å². The van der Waals surface area contributed by atoms with Gasteiger partial charge in [0.05, 0.1) is 22.7 Å². The van der Waals surface area contributed by atoms with Crippen LogP contribution < -0.4 is 9.47 Å². The van der Waals surface area contributed by atoms with Crippen molar-refractivity contribution in [2.75, 3.05) is 18.1 Å². The molecular formula is C25H27N2OS+. The lowest BCUT2D eigenvalue weighted by Gasteiger charge is -2.18. The first kappa shape index (κ1) is 19.7. The first-order valence-corrected chi connectivity index (χ1v) is 10.9. The second-order valence-corrected chi connectivity index (χ2v) is 8.66. The van der Waals surface area contributed by atoms with Crippen molar-refractivity contribution >= 4 is 34.4 Å². The van der Waals surface area contributed by atoms with Crippen molar-refractivity contribution in [3.8, 4) is 0 Å². The summed E-state index contributed by atoms with van der Waals surface area (Å²) in [7, 11) is 0. The van der Waals surface area contributed by atoms with Crippen LogP contribution in [0, 0.1) is 6.92 Å². The standard InChI is InChI=1S/C25H27N2OS/c1-18(2)26-14-13-20(21-8-4-5-9-22(21)26)7-6-10-25-27(15-16-28)23-12-11-19(3)17-24(23)29-25/h4-14,17-18,28H,15-16H2,1-3H3/q+1. The van der Waals surface area contributed by atoms with Gasteiger partial charge in [-0.05, 0) is 56.2 Å². The predicted octanol–water partition coefficient (Wildman–Crippen LogP) is 5.48. The SMILES string of the molecule is Cc1ccc2c(c1)SC(=CC=Cc1cc[n+](C(C)C)c3ccccc13)N2CCO. The van der Waals surface area contributed by atoms with Gasteiger partial charge in [0.25, 0.3) is 0 Å². The minimum absolute atomic E-state index is 0.132. The Labute approximate surface area is 177 Å². The molecule has 3 nitrogen and oxygen atoms in total. The van der Waals surface area contributed by atoms with Crippen molar-refractivity contribution in [3.63, 3.8) is 0 Å². The van der Waals surface area contributed by atoms with Gasteiger partial charge in [0, 0.05) is 23.6 Å². The molecule has 0 saturated heterocycles. The van der Waals surface area contributed by atoms with Crippen LogP contribution in [-0.4, -0.2) is 18.3 Å². The highest BCUT2D eigenvalue weighted by molar-refractivity contribution is 8.03. The third kappa shape index (κ3) is 3.96. The lowest BCUT2D eigenvalue weighted by atomic mass is 10.1. The fourth-order valence-electron chi connectivity index (χ4n) is 3.77. The number of aryl methyl sites for hydroxylation is 1. The topological polar surface area (TPSA) is 27.4 Å². The van der Waals surface area contributed by atoms with Crippen LogP contribution in [0.1, 0.15) is 31.0 Å². The molecule has 0 spiro atoms. The zero-order valence-electron chi connectivity index (χ0n) is 17.2. The Hall–Kier alpha value is -2.56. The number of β-amino-alcohol motifs (C(OH)–C–C–N with tert-alkyl or cyclic N) is 1. The van der Waals surface area contributed by atoms with E-state index in [-0.39, 0.29) is 6.61 Å². The highest BCUT2D eigenvalue weighted by Crippen LogP contribution is 2.46. The van der Waals surface area contributed by atoms with Crippen LogP contribution in [0.25, 0.3) is 17.0 Å². The summed E-state index contributed by atoms with van der Waals surface area (Å²) in [5, 5.41) is 11.9. The fraction of sp³-hybridized carbons (Fsp3) is 0.240. The summed E-state index contributed by atoms with van der Waals surface area (Å²) in [5.41, 5.74) is 4.89. The molecule has 0 atom stereocenters. The quantitative estimate of drug-likeness (QED) is 0.572. The van der Waals surface area contributed by atoms with Crippen molar-refractivity contribution < 1.29 is 9.67 Å². The molecule has 3 aromatic rings. The van der Waals surface area contributed by atoms with Crippen molar-refractivity contribution in [2.45, 2.75) is 31.7 Å². The Kier molecular flexibility index (Phi) is 5.74. The molecule has 0 radical (unpaired) electrons. The average Bonchev–Trinajstić information content (AvgIpc) is 3.04. The molecule has 0 saturated carbocycles. The zero-order valence-corrected chi connectivity index (χ0v) is 18.0. The number of rotatable bonds is 5. The lowest BCUT2D eigenvalue weighted by molar-refractivity contribution is -0.691. The Morgan fingerprint density at radius 2 is 1.97 bits per heavy atom. The van der Waals surface area contributed by atoms with Crippen LogP contribution in [-0.2, 0) is 0 Å². The second-order valence-electron chi connectivity index (χ2n) is 7.60. The van der Waals surface area contributed by atoms with Crippen LogP contribution >= 0.6 is 11.8 Å². The maximum atomic E-state index is 9.52. The van der Waals surface area contributed by atoms with Gasteiger partial charge in [0.15, 0.2) is 12.2 Å². The summed E-state index contributed by atoms with van der Waals surface area (Å²) in [6, 6.07) is 17.6. The lowest BCUT2D eigenvalue weighted by Crippen LogP contribution is -2.36. The van der Waals surface area contributed by atoms with Gasteiger partial charge in [-0.3, -0.25) is 0 Å². The minimum Gasteiger partial charge on any atom is -0.395 e. The fourth-order valence-corrected chi connectivity index (χ4v) is 4.97. The molecule has 4 rings (SSSR count). The van der Waals surface area contributed by atoms with Gasteiger partial charge in [0.1, 0.15) is 0 Å². The minimum atomic E-state index is 0.132. The Morgan fingerprint density at radius 1 is 1.14 bits per heavy atom. The van der Waals surface area contributed by atoms with Gasteiger partial charge < -0.3 is 10.0 Å². The molecule has 1 aliphatic heterocycles. The molecule has 1 aliphatic rings. The Balaban J connectivity index is 1.66. The van der Waals surface area contributed by atoms with E-state index in [0.717, 1.165) is 5.03 Å². The third-order valence-corrected chi connectivity index (χ3v) is 6.30. The van der Waals surface area contributed by atoms with E-state index in [4.69, 9.17) is 0 Å². The summed E-state index contributed by atoms with van der Waals surface area (Å²) >= 11 is 1.76. The van der Waals surface area contributed by atoms with E-state index in [1.54, 1.807) is 11.8 Å². The largest absolute Gasteiger partial charge is 0.395 e. The molecule has 2 heterocycles. The summed E-state index contributed by atoms with van der Waals surface area (Å²) in [6.07, 6.45) is 8.60. The molecule has 148 valence electrons. The number of nitrogens with zero attached hydrogens (tertiary/aromatic N) is 2. The van der Waals surface area contributed by atoms with Gasteiger partial charge in [-0.25, -0.2) is 0 Å².